The number of rotatable bonds is 5. The first-order valence-electron chi connectivity index (χ1n) is 6.48. The summed E-state index contributed by atoms with van der Waals surface area (Å²) in [5.74, 6) is -0.395. The van der Waals surface area contributed by atoms with Crippen molar-refractivity contribution >= 4 is 17.7 Å². The predicted molar refractivity (Wildman–Crippen MR) is 78.5 cm³/mol. The van der Waals surface area contributed by atoms with Crippen molar-refractivity contribution in [1.29, 1.82) is 0 Å². The molecule has 0 saturated carbocycles. The van der Waals surface area contributed by atoms with Gasteiger partial charge in [0.25, 0.3) is 0 Å². The van der Waals surface area contributed by atoms with Gasteiger partial charge in [0.15, 0.2) is 0 Å². The summed E-state index contributed by atoms with van der Waals surface area (Å²) in [6, 6.07) is 15.8. The highest BCUT2D eigenvalue weighted by Gasteiger charge is 2.06. The lowest BCUT2D eigenvalue weighted by Crippen LogP contribution is -2.16. The third-order valence-corrected chi connectivity index (χ3v) is 2.75. The number of amides is 1. The number of carbonyl (C=O) groups is 2. The molecule has 0 aromatic heterocycles. The Balaban J connectivity index is 1.94. The highest BCUT2D eigenvalue weighted by molar-refractivity contribution is 5.86. The molecule has 2 rings (SSSR count). The third-order valence-electron chi connectivity index (χ3n) is 2.75. The lowest BCUT2D eigenvalue weighted by molar-refractivity contribution is -0.136. The predicted octanol–water partition coefficient (Wildman–Crippen LogP) is 3.31. The van der Waals surface area contributed by atoms with E-state index in [1.807, 2.05) is 12.1 Å². The molecule has 0 unspecified atom stereocenters. The number of aliphatic carboxylic acids is 1. The Labute approximate surface area is 122 Å². The van der Waals surface area contributed by atoms with Crippen LogP contribution in [0.5, 0.6) is 5.75 Å². The Hall–Kier alpha value is -2.82. The van der Waals surface area contributed by atoms with Crippen molar-refractivity contribution in [1.82, 2.24) is 0 Å². The van der Waals surface area contributed by atoms with Gasteiger partial charge in [-0.15, -0.1) is 0 Å². The molecule has 0 heterocycles. The van der Waals surface area contributed by atoms with Crippen LogP contribution in [0.4, 0.5) is 10.5 Å². The van der Waals surface area contributed by atoms with Crippen molar-refractivity contribution in [3.05, 3.63) is 60.2 Å². The lowest BCUT2D eigenvalue weighted by Gasteiger charge is -2.07. The number of anilines is 1. The van der Waals surface area contributed by atoms with Crippen LogP contribution in [0.1, 0.15) is 12.0 Å². The number of aryl methyl sites for hydroxylation is 1. The van der Waals surface area contributed by atoms with Crippen LogP contribution in [-0.2, 0) is 11.2 Å². The summed E-state index contributed by atoms with van der Waals surface area (Å²) >= 11 is 0. The molecule has 0 aliphatic heterocycles. The fourth-order valence-electron chi connectivity index (χ4n) is 1.79. The van der Waals surface area contributed by atoms with Crippen molar-refractivity contribution in [2.75, 3.05) is 5.32 Å². The van der Waals surface area contributed by atoms with Crippen LogP contribution < -0.4 is 10.1 Å². The van der Waals surface area contributed by atoms with Crippen molar-refractivity contribution in [2.45, 2.75) is 12.8 Å². The second-order valence-electron chi connectivity index (χ2n) is 4.42. The summed E-state index contributed by atoms with van der Waals surface area (Å²) in [6.07, 6.45) is -0.118. The van der Waals surface area contributed by atoms with E-state index >= 15 is 0 Å². The van der Waals surface area contributed by atoms with Crippen LogP contribution in [0.25, 0.3) is 0 Å². The van der Waals surface area contributed by atoms with Crippen LogP contribution in [0.15, 0.2) is 54.6 Å². The molecule has 0 saturated heterocycles. The smallest absolute Gasteiger partial charge is 0.417 e. The molecular weight excluding hydrogens is 270 g/mol. The molecule has 0 radical (unpaired) electrons. The summed E-state index contributed by atoms with van der Waals surface area (Å²) in [6.45, 7) is 0. The summed E-state index contributed by atoms with van der Waals surface area (Å²) < 4.78 is 5.11. The second-order valence-corrected chi connectivity index (χ2v) is 4.42. The van der Waals surface area contributed by atoms with E-state index in [0.29, 0.717) is 17.9 Å². The fraction of sp³-hybridized carbons (Fsp3) is 0.125. The molecule has 108 valence electrons. The number of ether oxygens (including phenoxy) is 1. The highest BCUT2D eigenvalue weighted by Crippen LogP contribution is 2.14. The lowest BCUT2D eigenvalue weighted by atomic mass is 10.1. The maximum absolute atomic E-state index is 11.7. The minimum absolute atomic E-state index is 0.0535. The largest absolute Gasteiger partial charge is 0.481 e. The molecule has 5 nitrogen and oxygen atoms in total. The molecule has 0 bridgehead atoms. The monoisotopic (exact) mass is 285 g/mol. The van der Waals surface area contributed by atoms with Crippen molar-refractivity contribution in [3.8, 4) is 5.75 Å². The average Bonchev–Trinajstić information content (AvgIpc) is 2.46. The van der Waals surface area contributed by atoms with Gasteiger partial charge in [0.2, 0.25) is 0 Å². The van der Waals surface area contributed by atoms with E-state index in [-0.39, 0.29) is 6.42 Å². The van der Waals surface area contributed by atoms with E-state index in [2.05, 4.69) is 5.32 Å². The zero-order valence-corrected chi connectivity index (χ0v) is 11.3. The van der Waals surface area contributed by atoms with Gasteiger partial charge in [-0.3, -0.25) is 10.1 Å². The number of para-hydroxylation sites is 1. The molecule has 0 fully saturated rings. The van der Waals surface area contributed by atoms with E-state index in [9.17, 15) is 9.59 Å². The van der Waals surface area contributed by atoms with Crippen molar-refractivity contribution in [3.63, 3.8) is 0 Å². The number of carboxylic acid groups (broad SMARTS) is 1. The Kier molecular flexibility index (Phi) is 4.93. The Bertz CT molecular complexity index is 625. The van der Waals surface area contributed by atoms with Crippen molar-refractivity contribution < 1.29 is 19.4 Å². The van der Waals surface area contributed by atoms with Crippen LogP contribution in [0.2, 0.25) is 0 Å². The summed E-state index contributed by atoms with van der Waals surface area (Å²) in [7, 11) is 0. The summed E-state index contributed by atoms with van der Waals surface area (Å²) in [5.41, 5.74) is 1.41. The quantitative estimate of drug-likeness (QED) is 0.883. The molecule has 1 amide bonds. The first-order chi connectivity index (χ1) is 10.1. The van der Waals surface area contributed by atoms with Gasteiger partial charge in [-0.05, 0) is 36.2 Å². The SMILES string of the molecule is O=C(O)CCc1cccc(NC(=O)Oc2ccccc2)c1. The van der Waals surface area contributed by atoms with E-state index < -0.39 is 12.1 Å². The molecule has 2 N–H and O–H groups in total. The maximum Gasteiger partial charge on any atom is 0.417 e. The van der Waals surface area contributed by atoms with E-state index in [1.54, 1.807) is 42.5 Å². The average molecular weight is 285 g/mol. The van der Waals surface area contributed by atoms with Gasteiger partial charge in [-0.1, -0.05) is 30.3 Å². The second kappa shape index (κ2) is 7.09. The van der Waals surface area contributed by atoms with E-state index in [4.69, 9.17) is 9.84 Å². The first-order valence-corrected chi connectivity index (χ1v) is 6.48. The standard InChI is InChI=1S/C16H15NO4/c18-15(19)10-9-12-5-4-6-13(11-12)17-16(20)21-14-7-2-1-3-8-14/h1-8,11H,9-10H2,(H,17,20)(H,18,19). The molecule has 5 heteroatoms. The number of hydrogen-bond donors (Lipinski definition) is 2. The van der Waals surface area contributed by atoms with Crippen LogP contribution in [0, 0.1) is 0 Å². The maximum atomic E-state index is 11.7. The molecular formula is C16H15NO4. The summed E-state index contributed by atoms with van der Waals surface area (Å²) in [4.78, 5) is 22.3. The van der Waals surface area contributed by atoms with Gasteiger partial charge >= 0.3 is 12.1 Å². The normalized spacial score (nSPS) is 9.90. The minimum atomic E-state index is -0.850. The van der Waals surface area contributed by atoms with Gasteiger partial charge in [-0.2, -0.15) is 0 Å². The number of carboxylic acids is 1. The van der Waals surface area contributed by atoms with Crippen LogP contribution >= 0.6 is 0 Å². The number of carbonyl (C=O) groups excluding carboxylic acids is 1. The summed E-state index contributed by atoms with van der Waals surface area (Å²) in [5, 5.41) is 11.3. The van der Waals surface area contributed by atoms with E-state index in [1.165, 1.54) is 0 Å². The van der Waals surface area contributed by atoms with E-state index in [0.717, 1.165) is 5.56 Å². The molecule has 0 aliphatic rings. The number of nitrogens with one attached hydrogen (secondary N) is 1. The zero-order chi connectivity index (χ0) is 15.1. The zero-order valence-electron chi connectivity index (χ0n) is 11.3. The molecule has 0 aliphatic carbocycles. The Morgan fingerprint density at radius 3 is 2.52 bits per heavy atom. The molecule has 2 aromatic carbocycles. The van der Waals surface area contributed by atoms with Gasteiger partial charge in [0.05, 0.1) is 0 Å². The highest BCUT2D eigenvalue weighted by atomic mass is 16.6. The minimum Gasteiger partial charge on any atom is -0.481 e. The topological polar surface area (TPSA) is 75.6 Å². The number of benzene rings is 2. The Morgan fingerprint density at radius 2 is 1.81 bits per heavy atom. The fourth-order valence-corrected chi connectivity index (χ4v) is 1.79. The van der Waals surface area contributed by atoms with Crippen molar-refractivity contribution in [2.24, 2.45) is 0 Å². The molecule has 21 heavy (non-hydrogen) atoms. The Morgan fingerprint density at radius 1 is 1.05 bits per heavy atom. The van der Waals surface area contributed by atoms with Gasteiger partial charge in [-0.25, -0.2) is 4.79 Å². The molecule has 0 spiro atoms. The van der Waals surface area contributed by atoms with Gasteiger partial charge in [0, 0.05) is 12.1 Å². The molecule has 2 aromatic rings. The first kappa shape index (κ1) is 14.6. The van der Waals surface area contributed by atoms with Gasteiger partial charge < -0.3 is 9.84 Å². The van der Waals surface area contributed by atoms with Crippen LogP contribution in [-0.4, -0.2) is 17.2 Å². The van der Waals surface area contributed by atoms with Gasteiger partial charge in [0.1, 0.15) is 5.75 Å². The number of hydrogen-bond acceptors (Lipinski definition) is 3. The molecule has 0 atom stereocenters. The van der Waals surface area contributed by atoms with Crippen LogP contribution in [0.3, 0.4) is 0 Å². The third kappa shape index (κ3) is 4.99.